The lowest BCUT2D eigenvalue weighted by atomic mass is 10.2. The van der Waals surface area contributed by atoms with Crippen LogP contribution in [0.2, 0.25) is 5.02 Å². The molecule has 1 aliphatic rings. The van der Waals surface area contributed by atoms with Crippen LogP contribution in [0.5, 0.6) is 0 Å². The highest BCUT2D eigenvalue weighted by Gasteiger charge is 2.23. The SMILES string of the molecule is Cc1occc1-c1nnc(SCC(=O)Nc2cccc(Cl)c2)n1C[C@H]1CCCO1. The van der Waals surface area contributed by atoms with Gasteiger partial charge in [0, 0.05) is 17.3 Å². The lowest BCUT2D eigenvalue weighted by Gasteiger charge is -2.14. The molecule has 0 bridgehead atoms. The molecule has 4 rings (SSSR count). The van der Waals surface area contributed by atoms with Crippen LogP contribution < -0.4 is 5.32 Å². The largest absolute Gasteiger partial charge is 0.469 e. The number of aromatic nitrogens is 3. The summed E-state index contributed by atoms with van der Waals surface area (Å²) in [6.07, 6.45) is 3.82. The predicted molar refractivity (Wildman–Crippen MR) is 112 cm³/mol. The number of carbonyl (C=O) groups excluding carboxylic acids is 1. The van der Waals surface area contributed by atoms with Crippen molar-refractivity contribution < 1.29 is 13.9 Å². The highest BCUT2D eigenvalue weighted by Crippen LogP contribution is 2.29. The summed E-state index contributed by atoms with van der Waals surface area (Å²) < 4.78 is 13.3. The third kappa shape index (κ3) is 4.83. The number of hydrogen-bond donors (Lipinski definition) is 1. The quantitative estimate of drug-likeness (QED) is 0.557. The number of nitrogens with one attached hydrogen (secondary N) is 1. The fourth-order valence-electron chi connectivity index (χ4n) is 3.26. The second-order valence-electron chi connectivity index (χ2n) is 6.79. The number of ether oxygens (including phenoxy) is 1. The minimum atomic E-state index is -0.134. The number of hydrogen-bond acceptors (Lipinski definition) is 6. The van der Waals surface area contributed by atoms with Crippen molar-refractivity contribution in [2.24, 2.45) is 0 Å². The minimum absolute atomic E-state index is 0.122. The molecule has 1 aromatic carbocycles. The Morgan fingerprint density at radius 1 is 1.38 bits per heavy atom. The van der Waals surface area contributed by atoms with Gasteiger partial charge >= 0.3 is 0 Å². The number of halogens is 1. The summed E-state index contributed by atoms with van der Waals surface area (Å²) in [7, 11) is 0. The highest BCUT2D eigenvalue weighted by atomic mass is 35.5. The standard InChI is InChI=1S/C20H21ClN4O3S/c1-13-17(7-9-27-13)19-23-24-20(25(19)11-16-6-3-8-28-16)29-12-18(26)22-15-5-2-4-14(21)10-15/h2,4-5,7,9-10,16H,3,6,8,11-12H2,1H3,(H,22,26)/t16-/m1/s1. The molecular formula is C20H21ClN4O3S. The summed E-state index contributed by atoms with van der Waals surface area (Å²) in [5.41, 5.74) is 1.56. The maximum Gasteiger partial charge on any atom is 0.234 e. The molecule has 3 aromatic rings. The second kappa shape index (κ2) is 9.02. The summed E-state index contributed by atoms with van der Waals surface area (Å²) in [6.45, 7) is 3.31. The van der Waals surface area contributed by atoms with Gasteiger partial charge in [0.2, 0.25) is 5.91 Å². The van der Waals surface area contributed by atoms with Crippen molar-refractivity contribution in [3.8, 4) is 11.4 Å². The number of rotatable bonds is 7. The van der Waals surface area contributed by atoms with Gasteiger partial charge in [0.15, 0.2) is 11.0 Å². The zero-order valence-corrected chi connectivity index (χ0v) is 17.5. The molecule has 0 radical (unpaired) electrons. The Kier molecular flexibility index (Phi) is 6.22. The minimum Gasteiger partial charge on any atom is -0.469 e. The van der Waals surface area contributed by atoms with Gasteiger partial charge in [-0.05, 0) is 44.0 Å². The van der Waals surface area contributed by atoms with Gasteiger partial charge in [-0.25, -0.2) is 0 Å². The highest BCUT2D eigenvalue weighted by molar-refractivity contribution is 7.99. The molecule has 0 unspecified atom stereocenters. The van der Waals surface area contributed by atoms with Crippen LogP contribution in [-0.2, 0) is 16.1 Å². The molecular weight excluding hydrogens is 412 g/mol. The molecule has 152 valence electrons. The van der Waals surface area contributed by atoms with Gasteiger partial charge < -0.3 is 14.5 Å². The van der Waals surface area contributed by atoms with E-state index in [2.05, 4.69) is 15.5 Å². The number of nitrogens with zero attached hydrogens (tertiary/aromatic N) is 3. The summed E-state index contributed by atoms with van der Waals surface area (Å²) in [5, 5.41) is 12.8. The average Bonchev–Trinajstić information content (AvgIpc) is 3.42. The average molecular weight is 433 g/mol. The summed E-state index contributed by atoms with van der Waals surface area (Å²) in [4.78, 5) is 12.4. The Balaban J connectivity index is 1.49. The topological polar surface area (TPSA) is 82.2 Å². The number of aryl methyl sites for hydroxylation is 1. The van der Waals surface area contributed by atoms with Crippen LogP contribution in [0.3, 0.4) is 0 Å². The zero-order valence-electron chi connectivity index (χ0n) is 15.9. The molecule has 1 saturated heterocycles. The Hall–Kier alpha value is -2.29. The third-order valence-electron chi connectivity index (χ3n) is 4.67. The van der Waals surface area contributed by atoms with Gasteiger partial charge in [-0.3, -0.25) is 9.36 Å². The van der Waals surface area contributed by atoms with Crippen LogP contribution in [-0.4, -0.2) is 39.1 Å². The van der Waals surface area contributed by atoms with E-state index in [1.54, 1.807) is 30.5 Å². The Labute approximate surface area is 177 Å². The number of furan rings is 1. The lowest BCUT2D eigenvalue weighted by Crippen LogP contribution is -2.18. The number of anilines is 1. The molecule has 1 atom stereocenters. The number of carbonyl (C=O) groups is 1. The third-order valence-corrected chi connectivity index (χ3v) is 5.87. The molecule has 9 heteroatoms. The van der Waals surface area contributed by atoms with Crippen molar-refractivity contribution in [2.75, 3.05) is 17.7 Å². The van der Waals surface area contributed by atoms with Gasteiger partial charge in [0.05, 0.1) is 30.2 Å². The second-order valence-corrected chi connectivity index (χ2v) is 8.17. The molecule has 1 N–H and O–H groups in total. The van der Waals surface area contributed by atoms with Crippen LogP contribution in [0, 0.1) is 6.92 Å². The van der Waals surface area contributed by atoms with E-state index < -0.39 is 0 Å². The van der Waals surface area contributed by atoms with Gasteiger partial charge in [0.1, 0.15) is 5.76 Å². The first-order valence-electron chi connectivity index (χ1n) is 9.37. The predicted octanol–water partition coefficient (Wildman–Crippen LogP) is 4.41. The molecule has 0 aliphatic carbocycles. The van der Waals surface area contributed by atoms with Crippen molar-refractivity contribution in [3.63, 3.8) is 0 Å². The number of thioether (sulfide) groups is 1. The fourth-order valence-corrected chi connectivity index (χ4v) is 4.20. The van der Waals surface area contributed by atoms with Crippen LogP contribution in [0.25, 0.3) is 11.4 Å². The molecule has 7 nitrogen and oxygen atoms in total. The molecule has 29 heavy (non-hydrogen) atoms. The first kappa shape index (κ1) is 20.0. The zero-order chi connectivity index (χ0) is 20.2. The van der Waals surface area contributed by atoms with Gasteiger partial charge in [-0.1, -0.05) is 29.4 Å². The van der Waals surface area contributed by atoms with E-state index in [9.17, 15) is 4.79 Å². The van der Waals surface area contributed by atoms with E-state index >= 15 is 0 Å². The Morgan fingerprint density at radius 2 is 2.28 bits per heavy atom. The van der Waals surface area contributed by atoms with E-state index in [0.29, 0.717) is 22.4 Å². The van der Waals surface area contributed by atoms with E-state index in [4.69, 9.17) is 20.8 Å². The van der Waals surface area contributed by atoms with E-state index in [1.807, 2.05) is 17.6 Å². The lowest BCUT2D eigenvalue weighted by molar-refractivity contribution is -0.113. The molecule has 2 aromatic heterocycles. The summed E-state index contributed by atoms with van der Waals surface area (Å²) in [6, 6.07) is 8.95. The van der Waals surface area contributed by atoms with Gasteiger partial charge in [0.25, 0.3) is 0 Å². The normalized spacial score (nSPS) is 16.3. The molecule has 1 aliphatic heterocycles. The van der Waals surface area contributed by atoms with Crippen molar-refractivity contribution in [3.05, 3.63) is 47.4 Å². The van der Waals surface area contributed by atoms with Crippen molar-refractivity contribution in [1.29, 1.82) is 0 Å². The number of amides is 1. The van der Waals surface area contributed by atoms with Crippen molar-refractivity contribution in [1.82, 2.24) is 14.8 Å². The van der Waals surface area contributed by atoms with Crippen LogP contribution in [0.1, 0.15) is 18.6 Å². The Morgan fingerprint density at radius 3 is 3.00 bits per heavy atom. The van der Waals surface area contributed by atoms with Crippen LogP contribution >= 0.6 is 23.4 Å². The first-order chi connectivity index (χ1) is 14.1. The maximum atomic E-state index is 12.4. The number of benzene rings is 1. The monoisotopic (exact) mass is 432 g/mol. The van der Waals surface area contributed by atoms with Gasteiger partial charge in [-0.15, -0.1) is 10.2 Å². The van der Waals surface area contributed by atoms with E-state index in [0.717, 1.165) is 36.6 Å². The van der Waals surface area contributed by atoms with Crippen LogP contribution in [0.4, 0.5) is 5.69 Å². The first-order valence-corrected chi connectivity index (χ1v) is 10.7. The smallest absolute Gasteiger partial charge is 0.234 e. The molecule has 0 saturated carbocycles. The van der Waals surface area contributed by atoms with Crippen molar-refractivity contribution in [2.45, 2.75) is 37.6 Å². The molecule has 1 fully saturated rings. The van der Waals surface area contributed by atoms with Crippen molar-refractivity contribution >= 4 is 35.0 Å². The van der Waals surface area contributed by atoms with E-state index in [-0.39, 0.29) is 17.8 Å². The maximum absolute atomic E-state index is 12.4. The Bertz CT molecular complexity index is 997. The summed E-state index contributed by atoms with van der Waals surface area (Å²) in [5.74, 6) is 1.58. The fraction of sp³-hybridized carbons (Fsp3) is 0.350. The van der Waals surface area contributed by atoms with Crippen LogP contribution in [0.15, 0.2) is 46.2 Å². The molecule has 0 spiro atoms. The molecule has 3 heterocycles. The van der Waals surface area contributed by atoms with Gasteiger partial charge in [-0.2, -0.15) is 0 Å². The summed E-state index contributed by atoms with van der Waals surface area (Å²) >= 11 is 7.31. The van der Waals surface area contributed by atoms with E-state index in [1.165, 1.54) is 11.8 Å². The molecule has 1 amide bonds.